The van der Waals surface area contributed by atoms with Crippen LogP contribution in [0.5, 0.6) is 0 Å². The van der Waals surface area contributed by atoms with Crippen molar-refractivity contribution in [3.63, 3.8) is 0 Å². The van der Waals surface area contributed by atoms with E-state index in [4.69, 9.17) is 28.4 Å². The Hall–Kier alpha value is -1.58. The Kier molecular flexibility index (Phi) is 12.5. The molecule has 0 aromatic rings. The molecule has 17 nitrogen and oxygen atoms in total. The van der Waals surface area contributed by atoms with Gasteiger partial charge in [-0.3, -0.25) is 9.59 Å². The van der Waals surface area contributed by atoms with Gasteiger partial charge in [0.25, 0.3) is 0 Å². The predicted octanol–water partition coefficient (Wildman–Crippen LogP) is -3.90. The summed E-state index contributed by atoms with van der Waals surface area (Å²) in [5.41, 5.74) is 0. The molecule has 17 heteroatoms. The number of ether oxygens (including phenoxy) is 7. The molecular formula is C30H49O17+. The Morgan fingerprint density at radius 3 is 2.19 bits per heavy atom. The fraction of sp³-hybridized carbons (Fsp3) is 0.933. The van der Waals surface area contributed by atoms with Crippen molar-refractivity contribution < 1.29 is 83.6 Å². The third-order valence-electron chi connectivity index (χ3n) is 10.1. The summed E-state index contributed by atoms with van der Waals surface area (Å²) in [5.74, 6) is -2.18. The Labute approximate surface area is 271 Å². The maximum absolute atomic E-state index is 12.2. The van der Waals surface area contributed by atoms with Gasteiger partial charge in [0, 0.05) is 18.8 Å². The van der Waals surface area contributed by atoms with Crippen molar-refractivity contribution in [2.24, 2.45) is 11.8 Å². The number of hydrogen-bond acceptors (Lipinski definition) is 16. The van der Waals surface area contributed by atoms with Crippen molar-refractivity contribution in [2.45, 2.75) is 143 Å². The Balaban J connectivity index is 1.38. The molecule has 5 fully saturated rings. The number of esters is 2. The third-order valence-corrected chi connectivity index (χ3v) is 10.1. The molecule has 0 amide bonds. The molecule has 3 heterocycles. The number of methoxy groups -OCH3 is 1. The third kappa shape index (κ3) is 8.60. The van der Waals surface area contributed by atoms with Gasteiger partial charge < -0.3 is 74.0 Å². The fourth-order valence-corrected chi connectivity index (χ4v) is 7.41. The molecule has 9 N–H and O–H groups in total. The lowest BCUT2D eigenvalue weighted by Crippen LogP contribution is -2.65. The smallest absolute Gasteiger partial charge is 0.317 e. The van der Waals surface area contributed by atoms with E-state index >= 15 is 0 Å². The van der Waals surface area contributed by atoms with Crippen LogP contribution in [0.2, 0.25) is 0 Å². The summed E-state index contributed by atoms with van der Waals surface area (Å²) in [6.07, 6.45) is -15.2. The zero-order valence-corrected chi connectivity index (χ0v) is 26.2. The first-order chi connectivity index (χ1) is 22.4. The van der Waals surface area contributed by atoms with Gasteiger partial charge in [0.15, 0.2) is 24.8 Å². The molecular weight excluding hydrogens is 632 g/mol. The van der Waals surface area contributed by atoms with E-state index in [1.807, 2.05) is 0 Å². The average molecular weight is 682 g/mol. The highest BCUT2D eigenvalue weighted by Gasteiger charge is 2.55. The number of rotatable bonds is 9. The lowest BCUT2D eigenvalue weighted by Gasteiger charge is -2.49. The van der Waals surface area contributed by atoms with Gasteiger partial charge in [-0.05, 0) is 32.1 Å². The van der Waals surface area contributed by atoms with Gasteiger partial charge >= 0.3 is 11.9 Å². The van der Waals surface area contributed by atoms with Crippen molar-refractivity contribution in [1.82, 2.24) is 0 Å². The average Bonchev–Trinajstić information content (AvgIpc) is 3.04. The maximum atomic E-state index is 12.2. The highest BCUT2D eigenvalue weighted by Crippen LogP contribution is 2.42. The van der Waals surface area contributed by atoms with Gasteiger partial charge in [-0.25, -0.2) is 0 Å². The first-order valence-electron chi connectivity index (χ1n) is 16.3. The zero-order chi connectivity index (χ0) is 34.0. The van der Waals surface area contributed by atoms with Crippen molar-refractivity contribution in [3.8, 4) is 0 Å². The van der Waals surface area contributed by atoms with Crippen LogP contribution in [0.4, 0.5) is 0 Å². The van der Waals surface area contributed by atoms with E-state index in [9.17, 15) is 50.4 Å². The number of aliphatic hydroxyl groups is 10. The van der Waals surface area contributed by atoms with Crippen molar-refractivity contribution in [2.75, 3.05) is 20.3 Å². The minimum atomic E-state index is -1.77. The molecule has 270 valence electrons. The molecule has 5 rings (SSSR count). The molecule has 3 saturated heterocycles. The van der Waals surface area contributed by atoms with E-state index in [2.05, 4.69) is 4.74 Å². The topological polar surface area (TPSA) is 264 Å². The van der Waals surface area contributed by atoms with Gasteiger partial charge in [-0.2, -0.15) is 0 Å². The van der Waals surface area contributed by atoms with E-state index < -0.39 is 117 Å². The van der Waals surface area contributed by atoms with Crippen LogP contribution in [0.15, 0.2) is 0 Å². The number of fused-ring (bicyclic) bond motifs is 1. The van der Waals surface area contributed by atoms with Crippen LogP contribution >= 0.6 is 0 Å². The molecule has 0 aromatic heterocycles. The molecule has 3 aliphatic heterocycles. The van der Waals surface area contributed by atoms with E-state index in [0.717, 1.165) is 7.11 Å². The number of hydrogen-bond donors (Lipinski definition) is 8. The van der Waals surface area contributed by atoms with E-state index in [0.29, 0.717) is 38.5 Å². The summed E-state index contributed by atoms with van der Waals surface area (Å²) in [4.78, 5) is 23.6. The highest BCUT2D eigenvalue weighted by atomic mass is 16.8. The quantitative estimate of drug-likeness (QED) is 0.0657. The normalized spacial score (nSPS) is 47.5. The molecule has 6 unspecified atom stereocenters. The Morgan fingerprint density at radius 1 is 0.766 bits per heavy atom. The minimum Gasteiger partial charge on any atom is -0.469 e. The molecule has 0 aromatic carbocycles. The maximum Gasteiger partial charge on any atom is 0.317 e. The van der Waals surface area contributed by atoms with Gasteiger partial charge in [-0.1, -0.05) is 0 Å². The van der Waals surface area contributed by atoms with E-state index in [1.54, 1.807) is 0 Å². The van der Waals surface area contributed by atoms with Crippen LogP contribution in [0, 0.1) is 11.8 Å². The largest absolute Gasteiger partial charge is 0.469 e. The summed E-state index contributed by atoms with van der Waals surface area (Å²) in [6, 6.07) is 0. The molecule has 0 spiro atoms. The van der Waals surface area contributed by atoms with Gasteiger partial charge in [-0.15, -0.1) is 0 Å². The van der Waals surface area contributed by atoms with Gasteiger partial charge in [0.1, 0.15) is 61.9 Å². The summed E-state index contributed by atoms with van der Waals surface area (Å²) in [5, 5.41) is 84.3. The SMILES string of the molecule is COC(=O)CC(=O)OC[C@H]1O[C@@H](OC2CC3C(O)CC(O)CC3[OH+]C2C2CCC(O)CC2)[C@H](O[C@@H]2OC[C@@H](O)[C@H](O)[C@H]2O)[C@@H](O)[C@H]1O. The minimum absolute atomic E-state index is 0.0192. The zero-order valence-electron chi connectivity index (χ0n) is 26.2. The van der Waals surface area contributed by atoms with Crippen molar-refractivity contribution in [1.29, 1.82) is 0 Å². The first-order valence-corrected chi connectivity index (χ1v) is 16.3. The van der Waals surface area contributed by atoms with Crippen molar-refractivity contribution in [3.05, 3.63) is 0 Å². The van der Waals surface area contributed by atoms with Crippen LogP contribution in [-0.4, -0.2) is 170 Å². The lowest BCUT2D eigenvalue weighted by molar-refractivity contribution is -0.381. The molecule has 0 bridgehead atoms. The summed E-state index contributed by atoms with van der Waals surface area (Å²) < 4.78 is 38.4. The second-order valence-electron chi connectivity index (χ2n) is 13.4. The van der Waals surface area contributed by atoms with E-state index in [1.165, 1.54) is 0 Å². The monoisotopic (exact) mass is 681 g/mol. The molecule has 5 aliphatic rings. The van der Waals surface area contributed by atoms with Crippen LogP contribution in [0.1, 0.15) is 51.4 Å². The lowest BCUT2D eigenvalue weighted by atomic mass is 9.73. The predicted molar refractivity (Wildman–Crippen MR) is 153 cm³/mol. The molecule has 2 saturated carbocycles. The van der Waals surface area contributed by atoms with Crippen LogP contribution < -0.4 is 0 Å². The Bertz CT molecular complexity index is 1040. The van der Waals surface area contributed by atoms with Gasteiger partial charge in [0.05, 0.1) is 37.9 Å². The summed E-state index contributed by atoms with van der Waals surface area (Å²) in [7, 11) is 1.10. The fourth-order valence-electron chi connectivity index (χ4n) is 7.41. The number of carbonyl (C=O) groups excluding carboxylic acids is 2. The van der Waals surface area contributed by atoms with Gasteiger partial charge in [0.2, 0.25) is 0 Å². The second kappa shape index (κ2) is 16.0. The molecule has 0 radical (unpaired) electrons. The molecule has 15 atom stereocenters. The highest BCUT2D eigenvalue weighted by molar-refractivity contribution is 5.91. The standard InChI is InChI=1S/C30H48O17/c1-41-21(35)9-22(36)42-11-20-24(38)25(39)28(47-29-26(40)23(37)17(34)10-43-29)30(46-20)45-19-8-15-16(33)6-14(32)7-18(15)44-27(19)12-2-4-13(31)5-3-12/h12-20,23-34,37-40H,2-11H2,1H3/p+1/t12?,13?,14?,15?,16?,17-,18?,19?,20-,23+,24+,25+,26-,27?,28-,29+,30-/m1/s1. The second-order valence-corrected chi connectivity index (χ2v) is 13.4. The van der Waals surface area contributed by atoms with Crippen LogP contribution in [0.3, 0.4) is 0 Å². The van der Waals surface area contributed by atoms with Crippen LogP contribution in [0.25, 0.3) is 0 Å². The summed E-state index contributed by atoms with van der Waals surface area (Å²) >= 11 is 0. The molecule has 2 aliphatic carbocycles. The van der Waals surface area contributed by atoms with Crippen molar-refractivity contribution >= 4 is 11.9 Å². The number of aliphatic hydroxyl groups excluding tert-OH is 8. The molecule has 47 heavy (non-hydrogen) atoms. The summed E-state index contributed by atoms with van der Waals surface area (Å²) in [6.45, 7) is -0.988. The number of carbonyl (C=O) groups is 2. The Morgan fingerprint density at radius 2 is 1.49 bits per heavy atom. The van der Waals surface area contributed by atoms with Crippen LogP contribution in [-0.2, 0) is 38.0 Å². The van der Waals surface area contributed by atoms with E-state index in [-0.39, 0.29) is 24.4 Å². The first kappa shape index (κ1) is 36.7.